The van der Waals surface area contributed by atoms with Gasteiger partial charge >= 0.3 is 0 Å². The van der Waals surface area contributed by atoms with E-state index in [0.717, 1.165) is 10.8 Å². The fourth-order valence-electron chi connectivity index (χ4n) is 2.11. The molecule has 0 atom stereocenters. The molecule has 0 aromatic carbocycles. The predicted octanol–water partition coefficient (Wildman–Crippen LogP) is 2.21. The molecular formula is C12H18N2OS. The van der Waals surface area contributed by atoms with E-state index in [1.165, 1.54) is 25.7 Å². The Bertz CT molecular complexity index is 356. The molecule has 1 aromatic rings. The van der Waals surface area contributed by atoms with Gasteiger partial charge in [0.05, 0.1) is 11.9 Å². The van der Waals surface area contributed by atoms with Crippen LogP contribution in [-0.4, -0.2) is 26.6 Å². The lowest BCUT2D eigenvalue weighted by molar-refractivity contribution is -0.116. The van der Waals surface area contributed by atoms with Crippen LogP contribution in [0.15, 0.2) is 12.4 Å². The minimum absolute atomic E-state index is 0.324. The van der Waals surface area contributed by atoms with Crippen molar-refractivity contribution in [1.82, 2.24) is 9.78 Å². The van der Waals surface area contributed by atoms with Crippen molar-refractivity contribution in [2.75, 3.05) is 5.75 Å². The zero-order valence-corrected chi connectivity index (χ0v) is 10.5. The highest BCUT2D eigenvalue weighted by Gasteiger charge is 2.16. The summed E-state index contributed by atoms with van der Waals surface area (Å²) < 4.78 is 1.74. The first-order chi connectivity index (χ1) is 7.74. The van der Waals surface area contributed by atoms with Gasteiger partial charge in [-0.25, -0.2) is 0 Å². The third-order valence-electron chi connectivity index (χ3n) is 2.94. The molecule has 0 amide bonds. The van der Waals surface area contributed by atoms with Gasteiger partial charge in [0, 0.05) is 24.9 Å². The minimum Gasteiger partial charge on any atom is -0.298 e. The molecule has 0 bridgehead atoms. The Kier molecular flexibility index (Phi) is 4.04. The fourth-order valence-corrected chi connectivity index (χ4v) is 3.30. The number of ketones is 1. The SMILES string of the molecule is Cn1cc(CC(=O)CSC2CCCC2)cn1. The highest BCUT2D eigenvalue weighted by atomic mass is 32.2. The summed E-state index contributed by atoms with van der Waals surface area (Å²) >= 11 is 1.84. The Hall–Kier alpha value is -0.770. The first-order valence-electron chi connectivity index (χ1n) is 5.85. The number of carbonyl (C=O) groups is 1. The van der Waals surface area contributed by atoms with Gasteiger partial charge in [0.2, 0.25) is 0 Å². The summed E-state index contributed by atoms with van der Waals surface area (Å²) in [7, 11) is 1.88. The molecular weight excluding hydrogens is 220 g/mol. The zero-order chi connectivity index (χ0) is 11.4. The molecule has 0 N–H and O–H groups in total. The summed E-state index contributed by atoms with van der Waals surface area (Å²) in [5, 5.41) is 4.80. The lowest BCUT2D eigenvalue weighted by Gasteiger charge is -2.06. The summed E-state index contributed by atoms with van der Waals surface area (Å²) in [6, 6.07) is 0. The van der Waals surface area contributed by atoms with Gasteiger partial charge in [-0.2, -0.15) is 16.9 Å². The van der Waals surface area contributed by atoms with E-state index >= 15 is 0 Å². The van der Waals surface area contributed by atoms with Crippen molar-refractivity contribution in [3.05, 3.63) is 18.0 Å². The maximum atomic E-state index is 11.7. The zero-order valence-electron chi connectivity index (χ0n) is 9.69. The molecule has 1 heterocycles. The Morgan fingerprint density at radius 3 is 2.94 bits per heavy atom. The molecule has 88 valence electrons. The molecule has 0 unspecified atom stereocenters. The van der Waals surface area contributed by atoms with Gasteiger partial charge < -0.3 is 0 Å². The molecule has 1 aromatic heterocycles. The van der Waals surface area contributed by atoms with E-state index < -0.39 is 0 Å². The van der Waals surface area contributed by atoms with Crippen LogP contribution in [-0.2, 0) is 18.3 Å². The van der Waals surface area contributed by atoms with Crippen LogP contribution in [0.3, 0.4) is 0 Å². The molecule has 1 fully saturated rings. The van der Waals surface area contributed by atoms with Gasteiger partial charge in [-0.1, -0.05) is 12.8 Å². The van der Waals surface area contributed by atoms with Crippen LogP contribution in [0.25, 0.3) is 0 Å². The summed E-state index contributed by atoms with van der Waals surface area (Å²) in [6.07, 6.45) is 9.50. The topological polar surface area (TPSA) is 34.9 Å². The monoisotopic (exact) mass is 238 g/mol. The maximum absolute atomic E-state index is 11.7. The average molecular weight is 238 g/mol. The molecule has 16 heavy (non-hydrogen) atoms. The number of Topliss-reactive ketones (excluding diaryl/α,β-unsaturated/α-hetero) is 1. The lowest BCUT2D eigenvalue weighted by atomic mass is 10.2. The summed E-state index contributed by atoms with van der Waals surface area (Å²) in [6.45, 7) is 0. The van der Waals surface area contributed by atoms with Crippen molar-refractivity contribution in [2.45, 2.75) is 37.4 Å². The highest BCUT2D eigenvalue weighted by molar-refractivity contribution is 8.00. The number of aryl methyl sites for hydroxylation is 1. The maximum Gasteiger partial charge on any atom is 0.147 e. The molecule has 0 radical (unpaired) electrons. The van der Waals surface area contributed by atoms with Crippen LogP contribution in [0.4, 0.5) is 0 Å². The van der Waals surface area contributed by atoms with Crippen molar-refractivity contribution in [3.63, 3.8) is 0 Å². The van der Waals surface area contributed by atoms with E-state index in [1.54, 1.807) is 10.9 Å². The van der Waals surface area contributed by atoms with Crippen LogP contribution in [0.5, 0.6) is 0 Å². The van der Waals surface area contributed by atoms with Crippen LogP contribution in [0, 0.1) is 0 Å². The Labute approximate surface area is 101 Å². The number of hydrogen-bond donors (Lipinski definition) is 0. The molecule has 0 aliphatic heterocycles. The van der Waals surface area contributed by atoms with Crippen LogP contribution in [0.2, 0.25) is 0 Å². The van der Waals surface area contributed by atoms with Gasteiger partial charge in [-0.15, -0.1) is 0 Å². The number of aromatic nitrogens is 2. The van der Waals surface area contributed by atoms with Gasteiger partial charge in [0.25, 0.3) is 0 Å². The third kappa shape index (κ3) is 3.37. The highest BCUT2D eigenvalue weighted by Crippen LogP contribution is 2.29. The molecule has 2 rings (SSSR count). The number of hydrogen-bond acceptors (Lipinski definition) is 3. The lowest BCUT2D eigenvalue weighted by Crippen LogP contribution is -2.08. The first kappa shape index (κ1) is 11.7. The van der Waals surface area contributed by atoms with Crippen LogP contribution in [0.1, 0.15) is 31.2 Å². The van der Waals surface area contributed by atoms with E-state index in [0.29, 0.717) is 18.0 Å². The van der Waals surface area contributed by atoms with Crippen LogP contribution >= 0.6 is 11.8 Å². The van der Waals surface area contributed by atoms with Crippen molar-refractivity contribution in [3.8, 4) is 0 Å². The number of carbonyl (C=O) groups excluding carboxylic acids is 1. The molecule has 1 aliphatic rings. The Balaban J connectivity index is 1.71. The van der Waals surface area contributed by atoms with Crippen molar-refractivity contribution < 1.29 is 4.79 Å². The van der Waals surface area contributed by atoms with E-state index in [-0.39, 0.29) is 0 Å². The molecule has 4 heteroatoms. The average Bonchev–Trinajstić information content (AvgIpc) is 2.87. The molecule has 0 saturated heterocycles. The van der Waals surface area contributed by atoms with Gasteiger partial charge in [0.15, 0.2) is 0 Å². The summed E-state index contributed by atoms with van der Waals surface area (Å²) in [5.74, 6) is 0.990. The number of rotatable bonds is 5. The largest absolute Gasteiger partial charge is 0.298 e. The Morgan fingerprint density at radius 2 is 2.31 bits per heavy atom. The van der Waals surface area contributed by atoms with Gasteiger partial charge in [0.1, 0.15) is 5.78 Å². The third-order valence-corrected chi connectivity index (χ3v) is 4.37. The first-order valence-corrected chi connectivity index (χ1v) is 6.90. The van der Waals surface area contributed by atoms with Crippen molar-refractivity contribution >= 4 is 17.5 Å². The number of thioether (sulfide) groups is 1. The quantitative estimate of drug-likeness (QED) is 0.789. The van der Waals surface area contributed by atoms with Gasteiger partial charge in [-0.3, -0.25) is 9.48 Å². The van der Waals surface area contributed by atoms with Gasteiger partial charge in [-0.05, 0) is 18.4 Å². The fraction of sp³-hybridized carbons (Fsp3) is 0.667. The summed E-state index contributed by atoms with van der Waals surface area (Å²) in [5.41, 5.74) is 1.03. The smallest absolute Gasteiger partial charge is 0.147 e. The van der Waals surface area contributed by atoms with E-state index in [1.807, 2.05) is 25.0 Å². The van der Waals surface area contributed by atoms with Crippen LogP contribution < -0.4 is 0 Å². The molecule has 1 saturated carbocycles. The van der Waals surface area contributed by atoms with E-state index in [9.17, 15) is 4.79 Å². The van der Waals surface area contributed by atoms with Crippen molar-refractivity contribution in [1.29, 1.82) is 0 Å². The molecule has 0 spiro atoms. The van der Waals surface area contributed by atoms with E-state index in [4.69, 9.17) is 0 Å². The minimum atomic E-state index is 0.324. The second-order valence-electron chi connectivity index (χ2n) is 4.46. The van der Waals surface area contributed by atoms with E-state index in [2.05, 4.69) is 5.10 Å². The number of nitrogens with zero attached hydrogens (tertiary/aromatic N) is 2. The standard InChI is InChI=1S/C12H18N2OS/c1-14-8-10(7-13-14)6-11(15)9-16-12-4-2-3-5-12/h7-8,12H,2-6,9H2,1H3. The molecule has 1 aliphatic carbocycles. The second kappa shape index (κ2) is 5.53. The summed E-state index contributed by atoms with van der Waals surface area (Å²) in [4.78, 5) is 11.7. The second-order valence-corrected chi connectivity index (χ2v) is 5.74. The predicted molar refractivity (Wildman–Crippen MR) is 66.6 cm³/mol. The van der Waals surface area contributed by atoms with Crippen molar-refractivity contribution in [2.24, 2.45) is 7.05 Å². The molecule has 3 nitrogen and oxygen atoms in total. The Morgan fingerprint density at radius 1 is 1.56 bits per heavy atom. The normalized spacial score (nSPS) is 16.8.